The monoisotopic (exact) mass is 442 g/mol. The third-order valence-electron chi connectivity index (χ3n) is 4.25. The number of nitrogens with zero attached hydrogens (tertiary/aromatic N) is 4. The zero-order valence-electron chi connectivity index (χ0n) is 15.6. The summed E-state index contributed by atoms with van der Waals surface area (Å²) in [7, 11) is -4.13. The minimum absolute atomic E-state index is 0.0512. The Morgan fingerprint density at radius 3 is 2.45 bits per heavy atom. The summed E-state index contributed by atoms with van der Waals surface area (Å²) in [5.41, 5.74) is 0.393. The first-order chi connectivity index (χ1) is 13.8. The molecule has 2 amide bonds. The van der Waals surface area contributed by atoms with Gasteiger partial charge in [-0.2, -0.15) is 0 Å². The van der Waals surface area contributed by atoms with Gasteiger partial charge in [-0.15, -0.1) is 5.10 Å². The maximum atomic E-state index is 12.5. The lowest BCUT2D eigenvalue weighted by Gasteiger charge is -2.33. The normalized spacial score (nSPS) is 14.7. The summed E-state index contributed by atoms with van der Waals surface area (Å²) in [6.45, 7) is 2.92. The van der Waals surface area contributed by atoms with Gasteiger partial charge < -0.3 is 19.0 Å². The molecule has 0 bridgehead atoms. The second-order valence-corrected chi connectivity index (χ2v) is 8.45. The van der Waals surface area contributed by atoms with Crippen molar-refractivity contribution in [2.24, 2.45) is 0 Å². The Morgan fingerprint density at radius 1 is 1.14 bits per heavy atom. The van der Waals surface area contributed by atoms with Crippen LogP contribution in [0.2, 0.25) is 5.02 Å². The van der Waals surface area contributed by atoms with Crippen molar-refractivity contribution in [3.8, 4) is 11.5 Å². The van der Waals surface area contributed by atoms with Crippen molar-refractivity contribution < 1.29 is 27.2 Å². The van der Waals surface area contributed by atoms with Gasteiger partial charge in [0, 0.05) is 26.2 Å². The lowest BCUT2D eigenvalue weighted by atomic mass is 10.2. The second-order valence-electron chi connectivity index (χ2n) is 6.18. The summed E-state index contributed by atoms with van der Waals surface area (Å²) in [5, 5.41) is 6.95. The molecule has 1 aliphatic heterocycles. The van der Waals surface area contributed by atoms with Gasteiger partial charge in [0.05, 0.1) is 17.2 Å². The van der Waals surface area contributed by atoms with E-state index in [4.69, 9.17) is 20.8 Å². The van der Waals surface area contributed by atoms with Gasteiger partial charge in [0.15, 0.2) is 0 Å². The molecule has 0 aliphatic carbocycles. The van der Waals surface area contributed by atoms with Crippen molar-refractivity contribution in [1.82, 2.24) is 20.0 Å². The molecule has 12 heteroatoms. The summed E-state index contributed by atoms with van der Waals surface area (Å²) in [6, 6.07) is 6.62. The Morgan fingerprint density at radius 2 is 1.79 bits per heavy atom. The summed E-state index contributed by atoms with van der Waals surface area (Å²) >= 11 is 6.05. The van der Waals surface area contributed by atoms with E-state index in [1.165, 1.54) is 9.80 Å². The van der Waals surface area contributed by atoms with Crippen LogP contribution in [-0.2, 0) is 19.4 Å². The highest BCUT2D eigenvalue weighted by molar-refractivity contribution is 7.91. The third kappa shape index (κ3) is 4.85. The number of rotatable bonds is 5. The Kier molecular flexibility index (Phi) is 6.38. The number of aromatic nitrogens is 2. The largest absolute Gasteiger partial charge is 0.450 e. The van der Waals surface area contributed by atoms with Crippen molar-refractivity contribution in [1.29, 1.82) is 0 Å². The van der Waals surface area contributed by atoms with E-state index >= 15 is 0 Å². The smallest absolute Gasteiger partial charge is 0.409 e. The molecule has 0 atom stereocenters. The standard InChI is InChI=1S/C17H19ClN4O6S/c1-2-27-17(24)22-9-7-21(8-10-22)14(23)11-29(25,26)16-20-19-15(28-16)12-5-3-4-6-13(12)18/h3-6H,2,7-11H2,1H3. The average molecular weight is 443 g/mol. The van der Waals surface area contributed by atoms with E-state index in [1.54, 1.807) is 31.2 Å². The maximum absolute atomic E-state index is 12.5. The number of amides is 2. The Hall–Kier alpha value is -2.66. The maximum Gasteiger partial charge on any atom is 0.409 e. The average Bonchev–Trinajstić information content (AvgIpc) is 3.19. The van der Waals surface area contributed by atoms with Gasteiger partial charge in [0.25, 0.3) is 0 Å². The molecule has 0 unspecified atom stereocenters. The van der Waals surface area contributed by atoms with Gasteiger partial charge >= 0.3 is 11.3 Å². The van der Waals surface area contributed by atoms with Crippen molar-refractivity contribution in [2.45, 2.75) is 12.1 Å². The van der Waals surface area contributed by atoms with Crippen molar-refractivity contribution >= 4 is 33.4 Å². The number of carbonyl (C=O) groups is 2. The molecule has 1 aliphatic rings. The Bertz CT molecular complexity index is 1000. The van der Waals surface area contributed by atoms with Gasteiger partial charge in [0.1, 0.15) is 5.75 Å². The number of hydrogen-bond acceptors (Lipinski definition) is 8. The fourth-order valence-electron chi connectivity index (χ4n) is 2.75. The zero-order valence-corrected chi connectivity index (χ0v) is 17.1. The first kappa shape index (κ1) is 21.1. The first-order valence-electron chi connectivity index (χ1n) is 8.82. The number of piperazine rings is 1. The fraction of sp³-hybridized carbons (Fsp3) is 0.412. The molecule has 10 nitrogen and oxygen atoms in total. The topological polar surface area (TPSA) is 123 Å². The lowest BCUT2D eigenvalue weighted by molar-refractivity contribution is -0.130. The van der Waals surface area contributed by atoms with Crippen LogP contribution in [0.5, 0.6) is 0 Å². The van der Waals surface area contributed by atoms with Gasteiger partial charge in [0.2, 0.25) is 21.6 Å². The predicted molar refractivity (Wildman–Crippen MR) is 102 cm³/mol. The molecule has 1 aromatic heterocycles. The SMILES string of the molecule is CCOC(=O)N1CCN(C(=O)CS(=O)(=O)c2nnc(-c3ccccc3Cl)o2)CC1. The summed E-state index contributed by atoms with van der Waals surface area (Å²) in [6.07, 6.45) is -0.454. The van der Waals surface area contributed by atoms with Crippen LogP contribution in [-0.4, -0.2) is 79.0 Å². The van der Waals surface area contributed by atoms with Gasteiger partial charge in [-0.25, -0.2) is 13.2 Å². The Balaban J connectivity index is 1.64. The van der Waals surface area contributed by atoms with Gasteiger partial charge in [-0.3, -0.25) is 4.79 Å². The van der Waals surface area contributed by atoms with Crippen molar-refractivity contribution in [3.63, 3.8) is 0 Å². The number of ether oxygens (including phenoxy) is 1. The summed E-state index contributed by atoms with van der Waals surface area (Å²) < 4.78 is 35.2. The van der Waals surface area contributed by atoms with Crippen molar-refractivity contribution in [3.05, 3.63) is 29.3 Å². The van der Waals surface area contributed by atoms with E-state index in [9.17, 15) is 18.0 Å². The zero-order chi connectivity index (χ0) is 21.0. The van der Waals surface area contributed by atoms with Crippen LogP contribution in [0.3, 0.4) is 0 Å². The molecule has 1 saturated heterocycles. The van der Waals surface area contributed by atoms with Crippen LogP contribution >= 0.6 is 11.6 Å². The molecule has 0 spiro atoms. The number of hydrogen-bond donors (Lipinski definition) is 0. The number of carbonyl (C=O) groups excluding carboxylic acids is 2. The highest BCUT2D eigenvalue weighted by Gasteiger charge is 2.31. The van der Waals surface area contributed by atoms with E-state index in [1.807, 2.05) is 0 Å². The lowest BCUT2D eigenvalue weighted by Crippen LogP contribution is -2.51. The number of sulfone groups is 1. The predicted octanol–water partition coefficient (Wildman–Crippen LogP) is 1.46. The van der Waals surface area contributed by atoms with Gasteiger partial charge in [-0.1, -0.05) is 28.8 Å². The van der Waals surface area contributed by atoms with Crippen LogP contribution < -0.4 is 0 Å². The molecular formula is C17H19ClN4O6S. The highest BCUT2D eigenvalue weighted by atomic mass is 35.5. The molecule has 3 rings (SSSR count). The fourth-order valence-corrected chi connectivity index (χ4v) is 3.97. The van der Waals surface area contributed by atoms with Crippen molar-refractivity contribution in [2.75, 3.05) is 38.5 Å². The molecule has 0 N–H and O–H groups in total. The van der Waals surface area contributed by atoms with Gasteiger partial charge in [-0.05, 0) is 19.1 Å². The molecule has 1 aromatic carbocycles. The van der Waals surface area contributed by atoms with Crippen LogP contribution in [0.15, 0.2) is 33.9 Å². The van der Waals surface area contributed by atoms with E-state index < -0.39 is 32.8 Å². The second kappa shape index (κ2) is 8.78. The summed E-state index contributed by atoms with van der Waals surface area (Å²) in [4.78, 5) is 27.0. The highest BCUT2D eigenvalue weighted by Crippen LogP contribution is 2.27. The minimum Gasteiger partial charge on any atom is -0.450 e. The molecule has 29 heavy (non-hydrogen) atoms. The molecular weight excluding hydrogens is 424 g/mol. The molecule has 2 heterocycles. The third-order valence-corrected chi connectivity index (χ3v) is 5.90. The van der Waals surface area contributed by atoms with E-state index in [-0.39, 0.29) is 38.7 Å². The molecule has 0 saturated carbocycles. The van der Waals surface area contributed by atoms with Crippen LogP contribution in [0.1, 0.15) is 6.92 Å². The van der Waals surface area contributed by atoms with E-state index in [0.29, 0.717) is 10.6 Å². The molecule has 0 radical (unpaired) electrons. The van der Waals surface area contributed by atoms with Crippen LogP contribution in [0.4, 0.5) is 4.79 Å². The minimum atomic E-state index is -4.13. The van der Waals surface area contributed by atoms with E-state index in [0.717, 1.165) is 0 Å². The number of benzene rings is 1. The molecule has 1 fully saturated rings. The molecule has 156 valence electrons. The number of halogens is 1. The van der Waals surface area contributed by atoms with Crippen LogP contribution in [0, 0.1) is 0 Å². The van der Waals surface area contributed by atoms with Crippen LogP contribution in [0.25, 0.3) is 11.5 Å². The summed E-state index contributed by atoms with van der Waals surface area (Å²) in [5.74, 6) is -1.47. The Labute approximate surface area is 172 Å². The molecule has 2 aromatic rings. The first-order valence-corrected chi connectivity index (χ1v) is 10.9. The van der Waals surface area contributed by atoms with E-state index in [2.05, 4.69) is 10.2 Å². The quantitative estimate of drug-likeness (QED) is 0.681.